The average Bonchev–Trinajstić information content (AvgIpc) is 2.67. The summed E-state index contributed by atoms with van der Waals surface area (Å²) in [7, 11) is 1.63. The van der Waals surface area contributed by atoms with Crippen molar-refractivity contribution in [3.8, 4) is 11.6 Å². The first kappa shape index (κ1) is 9.27. The minimum atomic E-state index is 0.729. The summed E-state index contributed by atoms with van der Waals surface area (Å²) in [5.74, 6) is 0.729. The molecule has 0 unspecified atom stereocenters. The lowest BCUT2D eigenvalue weighted by atomic mass is 10.3. The topological polar surface area (TPSA) is 27.1 Å². The van der Waals surface area contributed by atoms with Crippen LogP contribution in [0.5, 0.6) is 5.88 Å². The lowest BCUT2D eigenvalue weighted by molar-refractivity contribution is 0.383. The normalized spacial score (nSPS) is 10.1. The number of hydrogen-bond donors (Lipinski definition) is 0. The Morgan fingerprint density at radius 3 is 2.57 bits per heavy atom. The van der Waals surface area contributed by atoms with Crippen LogP contribution in [0.2, 0.25) is 0 Å². The molecule has 1 aromatic carbocycles. The zero-order valence-electron chi connectivity index (χ0n) is 7.64. The number of benzene rings is 1. The van der Waals surface area contributed by atoms with Crippen LogP contribution in [0.25, 0.3) is 5.69 Å². The monoisotopic (exact) mass is 252 g/mol. The zero-order valence-corrected chi connectivity index (χ0v) is 9.23. The van der Waals surface area contributed by atoms with Crippen molar-refractivity contribution >= 4 is 15.9 Å². The van der Waals surface area contributed by atoms with Gasteiger partial charge in [-0.05, 0) is 24.3 Å². The van der Waals surface area contributed by atoms with E-state index in [9.17, 15) is 0 Å². The molecule has 1 heterocycles. The van der Waals surface area contributed by atoms with Gasteiger partial charge in [0.2, 0.25) is 5.88 Å². The Hall–Kier alpha value is -1.29. The molecule has 0 fully saturated rings. The molecule has 0 amide bonds. The molecule has 0 radical (unpaired) electrons. The molecular formula is C10H9BrN2O. The molecule has 2 aromatic rings. The molecule has 0 aliphatic heterocycles. The van der Waals surface area contributed by atoms with Gasteiger partial charge in [-0.2, -0.15) is 5.10 Å². The first-order chi connectivity index (χ1) is 6.81. The Bertz CT molecular complexity index is 422. The molecule has 0 saturated heterocycles. The molecule has 3 nitrogen and oxygen atoms in total. The molecule has 2 rings (SSSR count). The van der Waals surface area contributed by atoms with Crippen LogP contribution in [0.3, 0.4) is 0 Å². The van der Waals surface area contributed by atoms with Crippen molar-refractivity contribution in [2.24, 2.45) is 0 Å². The van der Waals surface area contributed by atoms with E-state index in [2.05, 4.69) is 21.0 Å². The average molecular weight is 253 g/mol. The largest absolute Gasteiger partial charge is 0.481 e. The molecular weight excluding hydrogens is 244 g/mol. The minimum Gasteiger partial charge on any atom is -0.481 e. The van der Waals surface area contributed by atoms with E-state index in [4.69, 9.17) is 4.74 Å². The van der Waals surface area contributed by atoms with Gasteiger partial charge in [-0.15, -0.1) is 0 Å². The Morgan fingerprint density at radius 2 is 1.93 bits per heavy atom. The van der Waals surface area contributed by atoms with E-state index in [1.54, 1.807) is 18.0 Å². The number of aromatic nitrogens is 2. The number of halogens is 1. The van der Waals surface area contributed by atoms with Crippen molar-refractivity contribution in [2.45, 2.75) is 0 Å². The van der Waals surface area contributed by atoms with E-state index in [-0.39, 0.29) is 0 Å². The standard InChI is InChI=1S/C10H9BrN2O/c1-14-10-6-7-12-13(10)9-4-2-8(11)3-5-9/h2-7H,1H3. The highest BCUT2D eigenvalue weighted by Gasteiger charge is 2.03. The van der Waals surface area contributed by atoms with Gasteiger partial charge in [-0.1, -0.05) is 15.9 Å². The fourth-order valence-corrected chi connectivity index (χ4v) is 1.49. The van der Waals surface area contributed by atoms with Crippen LogP contribution in [0.1, 0.15) is 0 Å². The van der Waals surface area contributed by atoms with E-state index >= 15 is 0 Å². The SMILES string of the molecule is COc1ccnn1-c1ccc(Br)cc1. The molecule has 0 N–H and O–H groups in total. The van der Waals surface area contributed by atoms with Gasteiger partial charge in [-0.25, -0.2) is 4.68 Å². The number of methoxy groups -OCH3 is 1. The molecule has 0 saturated carbocycles. The zero-order chi connectivity index (χ0) is 9.97. The Balaban J connectivity index is 2.44. The third-order valence-corrected chi connectivity index (χ3v) is 2.42. The molecule has 4 heteroatoms. The number of rotatable bonds is 2. The second-order valence-corrected chi connectivity index (χ2v) is 3.68. The van der Waals surface area contributed by atoms with E-state index < -0.39 is 0 Å². The summed E-state index contributed by atoms with van der Waals surface area (Å²) in [5, 5.41) is 4.16. The maximum absolute atomic E-state index is 5.16. The van der Waals surface area contributed by atoms with Crippen LogP contribution in [-0.2, 0) is 0 Å². The highest BCUT2D eigenvalue weighted by molar-refractivity contribution is 9.10. The van der Waals surface area contributed by atoms with Gasteiger partial charge in [-0.3, -0.25) is 0 Å². The van der Waals surface area contributed by atoms with Gasteiger partial charge < -0.3 is 4.74 Å². The smallest absolute Gasteiger partial charge is 0.216 e. The van der Waals surface area contributed by atoms with Crippen LogP contribution in [-0.4, -0.2) is 16.9 Å². The quantitative estimate of drug-likeness (QED) is 0.822. The summed E-state index contributed by atoms with van der Waals surface area (Å²) < 4.78 is 7.95. The summed E-state index contributed by atoms with van der Waals surface area (Å²) >= 11 is 3.38. The van der Waals surface area contributed by atoms with Gasteiger partial charge in [0.15, 0.2) is 0 Å². The number of nitrogens with zero attached hydrogens (tertiary/aromatic N) is 2. The van der Waals surface area contributed by atoms with Crippen molar-refractivity contribution in [1.29, 1.82) is 0 Å². The van der Waals surface area contributed by atoms with Crippen LogP contribution < -0.4 is 4.74 Å². The van der Waals surface area contributed by atoms with Gasteiger partial charge in [0.1, 0.15) is 0 Å². The Morgan fingerprint density at radius 1 is 1.21 bits per heavy atom. The number of hydrogen-bond acceptors (Lipinski definition) is 2. The van der Waals surface area contributed by atoms with Crippen molar-refractivity contribution in [3.05, 3.63) is 41.0 Å². The molecule has 72 valence electrons. The van der Waals surface area contributed by atoms with Crippen molar-refractivity contribution in [2.75, 3.05) is 7.11 Å². The van der Waals surface area contributed by atoms with E-state index in [1.165, 1.54) is 0 Å². The molecule has 0 bridgehead atoms. The second kappa shape index (κ2) is 3.84. The lowest BCUT2D eigenvalue weighted by Gasteiger charge is -2.05. The van der Waals surface area contributed by atoms with Crippen molar-refractivity contribution < 1.29 is 4.74 Å². The maximum Gasteiger partial charge on any atom is 0.216 e. The van der Waals surface area contributed by atoms with E-state index in [0.717, 1.165) is 16.0 Å². The van der Waals surface area contributed by atoms with Crippen LogP contribution in [0, 0.1) is 0 Å². The minimum absolute atomic E-state index is 0.729. The highest BCUT2D eigenvalue weighted by atomic mass is 79.9. The van der Waals surface area contributed by atoms with Gasteiger partial charge in [0, 0.05) is 10.5 Å². The predicted octanol–water partition coefficient (Wildman–Crippen LogP) is 2.64. The summed E-state index contributed by atoms with van der Waals surface area (Å²) in [6, 6.07) is 9.70. The molecule has 14 heavy (non-hydrogen) atoms. The third-order valence-electron chi connectivity index (χ3n) is 1.89. The van der Waals surface area contributed by atoms with E-state index in [1.807, 2.05) is 30.3 Å². The summed E-state index contributed by atoms with van der Waals surface area (Å²) in [6.45, 7) is 0. The lowest BCUT2D eigenvalue weighted by Crippen LogP contribution is -1.98. The van der Waals surface area contributed by atoms with Crippen LogP contribution in [0.15, 0.2) is 41.0 Å². The molecule has 0 atom stereocenters. The number of ether oxygens (including phenoxy) is 1. The summed E-state index contributed by atoms with van der Waals surface area (Å²) in [5.41, 5.74) is 0.982. The Kier molecular flexibility index (Phi) is 2.54. The molecule has 0 aliphatic rings. The van der Waals surface area contributed by atoms with Crippen LogP contribution in [0.4, 0.5) is 0 Å². The predicted molar refractivity (Wildman–Crippen MR) is 57.8 cm³/mol. The van der Waals surface area contributed by atoms with Crippen LogP contribution >= 0.6 is 15.9 Å². The van der Waals surface area contributed by atoms with Crippen molar-refractivity contribution in [3.63, 3.8) is 0 Å². The second-order valence-electron chi connectivity index (χ2n) is 2.76. The van der Waals surface area contributed by atoms with Gasteiger partial charge in [0.25, 0.3) is 0 Å². The fraction of sp³-hybridized carbons (Fsp3) is 0.100. The fourth-order valence-electron chi connectivity index (χ4n) is 1.22. The van der Waals surface area contributed by atoms with E-state index in [0.29, 0.717) is 0 Å². The molecule has 0 spiro atoms. The first-order valence-electron chi connectivity index (χ1n) is 4.15. The molecule has 1 aromatic heterocycles. The molecule has 0 aliphatic carbocycles. The van der Waals surface area contributed by atoms with Gasteiger partial charge >= 0.3 is 0 Å². The highest BCUT2D eigenvalue weighted by Crippen LogP contribution is 2.18. The summed E-state index contributed by atoms with van der Waals surface area (Å²) in [6.07, 6.45) is 1.71. The van der Waals surface area contributed by atoms with Gasteiger partial charge in [0.05, 0.1) is 19.0 Å². The third kappa shape index (κ3) is 1.65. The first-order valence-corrected chi connectivity index (χ1v) is 4.94. The summed E-state index contributed by atoms with van der Waals surface area (Å²) in [4.78, 5) is 0. The maximum atomic E-state index is 5.16. The Labute approximate surface area is 90.4 Å². The van der Waals surface area contributed by atoms with Crippen molar-refractivity contribution in [1.82, 2.24) is 9.78 Å².